The van der Waals surface area contributed by atoms with Crippen molar-refractivity contribution < 1.29 is 4.74 Å². The lowest BCUT2D eigenvalue weighted by Crippen LogP contribution is -2.40. The van der Waals surface area contributed by atoms with Crippen molar-refractivity contribution in [2.24, 2.45) is 0 Å². The summed E-state index contributed by atoms with van der Waals surface area (Å²) in [5.74, 6) is 1.47. The predicted octanol–water partition coefficient (Wildman–Crippen LogP) is 3.86. The topological polar surface area (TPSA) is 51.4 Å². The van der Waals surface area contributed by atoms with Crippen LogP contribution in [0.25, 0.3) is 10.8 Å². The monoisotopic (exact) mass is 333 g/mol. The van der Waals surface area contributed by atoms with Crippen molar-refractivity contribution in [3.63, 3.8) is 0 Å². The number of likely N-dealkylation sites (tertiary alicyclic amines) is 1. The van der Waals surface area contributed by atoms with E-state index in [0.717, 1.165) is 42.6 Å². The molecule has 0 bridgehead atoms. The number of hydrogen-bond donors (Lipinski definition) is 1. The second-order valence-corrected chi connectivity index (χ2v) is 6.68. The van der Waals surface area contributed by atoms with E-state index in [1.165, 1.54) is 12.0 Å². The SMILES string of the molecule is Nc1nccc2cc(OC3CCCN(Cc4ccccc4)C3)ccc12. The zero-order chi connectivity index (χ0) is 17.1. The molecule has 1 aliphatic heterocycles. The predicted molar refractivity (Wildman–Crippen MR) is 102 cm³/mol. The maximum absolute atomic E-state index is 6.27. The first kappa shape index (κ1) is 15.9. The molecule has 0 amide bonds. The summed E-state index contributed by atoms with van der Waals surface area (Å²) >= 11 is 0. The largest absolute Gasteiger partial charge is 0.489 e. The molecule has 1 aromatic heterocycles. The number of piperidine rings is 1. The third-order valence-corrected chi connectivity index (χ3v) is 4.78. The van der Waals surface area contributed by atoms with Crippen molar-refractivity contribution in [3.05, 3.63) is 66.4 Å². The van der Waals surface area contributed by atoms with Gasteiger partial charge in [0.15, 0.2) is 0 Å². The van der Waals surface area contributed by atoms with E-state index < -0.39 is 0 Å². The molecule has 2 N–H and O–H groups in total. The molecule has 1 saturated heterocycles. The number of aromatic nitrogens is 1. The molecule has 0 aliphatic carbocycles. The van der Waals surface area contributed by atoms with Gasteiger partial charge in [0, 0.05) is 24.7 Å². The fourth-order valence-corrected chi connectivity index (χ4v) is 3.54. The van der Waals surface area contributed by atoms with E-state index in [0.29, 0.717) is 5.82 Å². The second-order valence-electron chi connectivity index (χ2n) is 6.68. The van der Waals surface area contributed by atoms with E-state index in [9.17, 15) is 0 Å². The molecule has 4 heteroatoms. The zero-order valence-corrected chi connectivity index (χ0v) is 14.3. The zero-order valence-electron chi connectivity index (χ0n) is 14.3. The maximum atomic E-state index is 6.27. The molecule has 4 rings (SSSR count). The number of pyridine rings is 1. The summed E-state index contributed by atoms with van der Waals surface area (Å²) in [6.07, 6.45) is 4.24. The molecule has 4 nitrogen and oxygen atoms in total. The number of anilines is 1. The Kier molecular flexibility index (Phi) is 4.53. The molecule has 0 spiro atoms. The average molecular weight is 333 g/mol. The van der Waals surface area contributed by atoms with Crippen LogP contribution < -0.4 is 10.5 Å². The molecule has 2 heterocycles. The molecule has 3 aromatic rings. The van der Waals surface area contributed by atoms with Gasteiger partial charge < -0.3 is 10.5 Å². The Morgan fingerprint density at radius 1 is 1.12 bits per heavy atom. The summed E-state index contributed by atoms with van der Waals surface area (Å²) in [6.45, 7) is 3.08. The molecule has 2 aromatic carbocycles. The number of benzene rings is 2. The molecule has 25 heavy (non-hydrogen) atoms. The highest BCUT2D eigenvalue weighted by atomic mass is 16.5. The molecular weight excluding hydrogens is 310 g/mol. The Balaban J connectivity index is 1.43. The second kappa shape index (κ2) is 7.11. The lowest BCUT2D eigenvalue weighted by molar-refractivity contribution is 0.0844. The van der Waals surface area contributed by atoms with Crippen molar-refractivity contribution in [1.82, 2.24) is 9.88 Å². The number of rotatable bonds is 4. The van der Waals surface area contributed by atoms with Crippen LogP contribution in [0.4, 0.5) is 5.82 Å². The van der Waals surface area contributed by atoms with Crippen LogP contribution in [0.2, 0.25) is 0 Å². The van der Waals surface area contributed by atoms with Crippen LogP contribution >= 0.6 is 0 Å². The van der Waals surface area contributed by atoms with Gasteiger partial charge in [-0.2, -0.15) is 0 Å². The Hall–Kier alpha value is -2.59. The van der Waals surface area contributed by atoms with Crippen LogP contribution in [-0.4, -0.2) is 29.1 Å². The van der Waals surface area contributed by atoms with E-state index in [1.54, 1.807) is 6.20 Å². The molecule has 0 radical (unpaired) electrons. The molecule has 1 fully saturated rings. The van der Waals surface area contributed by atoms with Gasteiger partial charge in [-0.15, -0.1) is 0 Å². The average Bonchev–Trinajstić information content (AvgIpc) is 2.63. The van der Waals surface area contributed by atoms with Gasteiger partial charge >= 0.3 is 0 Å². The molecule has 1 unspecified atom stereocenters. The van der Waals surface area contributed by atoms with Crippen molar-refractivity contribution in [2.45, 2.75) is 25.5 Å². The van der Waals surface area contributed by atoms with Crippen molar-refractivity contribution in [1.29, 1.82) is 0 Å². The Bertz CT molecular complexity index is 850. The summed E-state index contributed by atoms with van der Waals surface area (Å²) in [6, 6.07) is 18.7. The van der Waals surface area contributed by atoms with Crippen LogP contribution in [0.5, 0.6) is 5.75 Å². The van der Waals surface area contributed by atoms with E-state index >= 15 is 0 Å². The smallest absolute Gasteiger partial charge is 0.131 e. The van der Waals surface area contributed by atoms with Gasteiger partial charge in [0.05, 0.1) is 0 Å². The Morgan fingerprint density at radius 3 is 2.88 bits per heavy atom. The quantitative estimate of drug-likeness (QED) is 0.788. The summed E-state index contributed by atoms with van der Waals surface area (Å²) in [4.78, 5) is 6.61. The van der Waals surface area contributed by atoms with E-state index in [1.807, 2.05) is 18.2 Å². The number of nitrogens with two attached hydrogens (primary N) is 1. The number of ether oxygens (including phenoxy) is 1. The minimum atomic E-state index is 0.231. The highest BCUT2D eigenvalue weighted by Crippen LogP contribution is 2.26. The summed E-state index contributed by atoms with van der Waals surface area (Å²) in [7, 11) is 0. The molecule has 1 atom stereocenters. The normalized spacial score (nSPS) is 18.3. The number of hydrogen-bond acceptors (Lipinski definition) is 4. The standard InChI is InChI=1S/C21H23N3O/c22-21-20-9-8-18(13-17(20)10-11-23-21)25-19-7-4-12-24(15-19)14-16-5-2-1-3-6-16/h1-3,5-6,8-11,13,19H,4,7,12,14-15H2,(H2,22,23). The van der Waals surface area contributed by atoms with Gasteiger partial charge in [-0.05, 0) is 54.6 Å². The van der Waals surface area contributed by atoms with Crippen molar-refractivity contribution >= 4 is 16.6 Å². The minimum Gasteiger partial charge on any atom is -0.489 e. The van der Waals surface area contributed by atoms with Crippen LogP contribution in [0.3, 0.4) is 0 Å². The number of nitrogen functional groups attached to an aromatic ring is 1. The first-order chi connectivity index (χ1) is 12.3. The van der Waals surface area contributed by atoms with Crippen LogP contribution in [-0.2, 0) is 6.54 Å². The van der Waals surface area contributed by atoms with Gasteiger partial charge in [-0.3, -0.25) is 4.90 Å². The van der Waals surface area contributed by atoms with Gasteiger partial charge in [-0.1, -0.05) is 30.3 Å². The molecule has 0 saturated carbocycles. The highest BCUT2D eigenvalue weighted by Gasteiger charge is 2.21. The van der Waals surface area contributed by atoms with Crippen molar-refractivity contribution in [2.75, 3.05) is 18.8 Å². The molecule has 128 valence electrons. The summed E-state index contributed by atoms with van der Waals surface area (Å²) in [5.41, 5.74) is 7.28. The first-order valence-electron chi connectivity index (χ1n) is 8.85. The van der Waals surface area contributed by atoms with Gasteiger partial charge in [0.2, 0.25) is 0 Å². The minimum absolute atomic E-state index is 0.231. The lowest BCUT2D eigenvalue weighted by atomic mass is 10.1. The third-order valence-electron chi connectivity index (χ3n) is 4.78. The van der Waals surface area contributed by atoms with Crippen LogP contribution in [0, 0.1) is 0 Å². The fraction of sp³-hybridized carbons (Fsp3) is 0.286. The van der Waals surface area contributed by atoms with Gasteiger partial charge in [0.25, 0.3) is 0 Å². The Labute approximate surface area is 148 Å². The Morgan fingerprint density at radius 2 is 2.00 bits per heavy atom. The fourth-order valence-electron chi connectivity index (χ4n) is 3.54. The molecule has 1 aliphatic rings. The number of nitrogens with zero attached hydrogens (tertiary/aromatic N) is 2. The lowest BCUT2D eigenvalue weighted by Gasteiger charge is -2.33. The van der Waals surface area contributed by atoms with Gasteiger partial charge in [-0.25, -0.2) is 4.98 Å². The van der Waals surface area contributed by atoms with Gasteiger partial charge in [0.1, 0.15) is 17.7 Å². The summed E-state index contributed by atoms with van der Waals surface area (Å²) in [5, 5.41) is 2.05. The maximum Gasteiger partial charge on any atom is 0.131 e. The van der Waals surface area contributed by atoms with E-state index in [-0.39, 0.29) is 6.10 Å². The van der Waals surface area contributed by atoms with Crippen molar-refractivity contribution in [3.8, 4) is 5.75 Å². The number of fused-ring (bicyclic) bond motifs is 1. The molecular formula is C21H23N3O. The first-order valence-corrected chi connectivity index (χ1v) is 8.85. The van der Waals surface area contributed by atoms with E-state index in [2.05, 4.69) is 46.3 Å². The van der Waals surface area contributed by atoms with Crippen LogP contribution in [0.1, 0.15) is 18.4 Å². The highest BCUT2D eigenvalue weighted by molar-refractivity contribution is 5.91. The van der Waals surface area contributed by atoms with Crippen LogP contribution in [0.15, 0.2) is 60.8 Å². The van der Waals surface area contributed by atoms with E-state index in [4.69, 9.17) is 10.5 Å². The summed E-state index contributed by atoms with van der Waals surface area (Å²) < 4.78 is 6.27. The third kappa shape index (κ3) is 3.74.